The molecule has 1 amide bonds. The summed E-state index contributed by atoms with van der Waals surface area (Å²) in [6, 6.07) is 16.9. The molecular weight excluding hydrogens is 308 g/mol. The van der Waals surface area contributed by atoms with Crippen LogP contribution in [0.25, 0.3) is 0 Å². The quantitative estimate of drug-likeness (QED) is 0.747. The van der Waals surface area contributed by atoms with Crippen molar-refractivity contribution in [3.05, 3.63) is 70.8 Å². The molecule has 0 unspecified atom stereocenters. The minimum Gasteiger partial charge on any atom is -0.352 e. The molecule has 0 atom stereocenters. The van der Waals surface area contributed by atoms with Crippen LogP contribution < -0.4 is 5.32 Å². The van der Waals surface area contributed by atoms with Gasteiger partial charge in [-0.15, -0.1) is 0 Å². The molecule has 2 rings (SSSR count). The molecule has 0 aromatic heterocycles. The van der Waals surface area contributed by atoms with Gasteiger partial charge in [-0.2, -0.15) is 0 Å². The monoisotopic (exact) mass is 338 g/mol. The largest absolute Gasteiger partial charge is 0.352 e. The van der Waals surface area contributed by atoms with Gasteiger partial charge >= 0.3 is 0 Å². The van der Waals surface area contributed by atoms with E-state index in [0.717, 1.165) is 31.6 Å². The lowest BCUT2D eigenvalue weighted by Gasteiger charge is -2.18. The van der Waals surface area contributed by atoms with Crippen LogP contribution in [-0.2, 0) is 24.3 Å². The Hall–Kier alpha value is -2.13. The standard InChI is InChI=1S/C22H30N2O/c1-4-24(5-2)17-21-12-10-20(11-13-21)16-23-22(25)15-14-19-8-6-18(3)7-9-19/h6-13H,4-5,14-17H2,1-3H3,(H,23,25). The highest BCUT2D eigenvalue weighted by Gasteiger charge is 2.04. The lowest BCUT2D eigenvalue weighted by Crippen LogP contribution is -2.23. The number of nitrogens with zero attached hydrogens (tertiary/aromatic N) is 1. The number of carbonyl (C=O) groups excluding carboxylic acids is 1. The second-order valence-electron chi connectivity index (χ2n) is 6.54. The van der Waals surface area contributed by atoms with Gasteiger partial charge in [0.2, 0.25) is 5.91 Å². The molecule has 2 aromatic rings. The molecule has 25 heavy (non-hydrogen) atoms. The van der Waals surface area contributed by atoms with E-state index in [2.05, 4.69) is 79.5 Å². The van der Waals surface area contributed by atoms with Crippen molar-refractivity contribution < 1.29 is 4.79 Å². The Bertz CT molecular complexity index is 643. The molecule has 0 aliphatic rings. The van der Waals surface area contributed by atoms with E-state index < -0.39 is 0 Å². The van der Waals surface area contributed by atoms with E-state index in [0.29, 0.717) is 13.0 Å². The average molecular weight is 338 g/mol. The van der Waals surface area contributed by atoms with Gasteiger partial charge in [0.1, 0.15) is 0 Å². The first-order valence-corrected chi connectivity index (χ1v) is 9.23. The van der Waals surface area contributed by atoms with Crippen molar-refractivity contribution in [2.45, 2.75) is 46.7 Å². The van der Waals surface area contributed by atoms with Crippen LogP contribution in [0.1, 0.15) is 42.5 Å². The number of nitrogens with one attached hydrogen (secondary N) is 1. The van der Waals surface area contributed by atoms with Gasteiger partial charge in [-0.1, -0.05) is 67.9 Å². The first-order chi connectivity index (χ1) is 12.1. The smallest absolute Gasteiger partial charge is 0.220 e. The summed E-state index contributed by atoms with van der Waals surface area (Å²) in [6.45, 7) is 10.1. The molecule has 3 nitrogen and oxygen atoms in total. The van der Waals surface area contributed by atoms with Crippen LogP contribution in [0.15, 0.2) is 48.5 Å². The van der Waals surface area contributed by atoms with Crippen LogP contribution in [0, 0.1) is 6.92 Å². The van der Waals surface area contributed by atoms with Crippen molar-refractivity contribution in [1.82, 2.24) is 10.2 Å². The van der Waals surface area contributed by atoms with Crippen molar-refractivity contribution in [3.8, 4) is 0 Å². The molecular formula is C22H30N2O. The molecule has 0 aliphatic carbocycles. The minimum atomic E-state index is 0.104. The number of hydrogen-bond acceptors (Lipinski definition) is 2. The van der Waals surface area contributed by atoms with Crippen LogP contribution in [0.4, 0.5) is 0 Å². The Morgan fingerprint density at radius 1 is 0.880 bits per heavy atom. The summed E-state index contributed by atoms with van der Waals surface area (Å²) in [5.41, 5.74) is 4.92. The van der Waals surface area contributed by atoms with Gasteiger partial charge in [-0.05, 0) is 43.1 Å². The van der Waals surface area contributed by atoms with Gasteiger partial charge in [0.25, 0.3) is 0 Å². The number of aryl methyl sites for hydroxylation is 2. The Morgan fingerprint density at radius 3 is 2.04 bits per heavy atom. The fourth-order valence-electron chi connectivity index (χ4n) is 2.77. The third-order valence-corrected chi connectivity index (χ3v) is 4.57. The maximum Gasteiger partial charge on any atom is 0.220 e. The second kappa shape index (κ2) is 10.00. The van der Waals surface area contributed by atoms with Gasteiger partial charge in [-0.25, -0.2) is 0 Å². The van der Waals surface area contributed by atoms with Gasteiger partial charge in [0, 0.05) is 19.5 Å². The Kier molecular flexibility index (Phi) is 7.68. The van der Waals surface area contributed by atoms with Gasteiger partial charge < -0.3 is 5.32 Å². The lowest BCUT2D eigenvalue weighted by atomic mass is 10.1. The third-order valence-electron chi connectivity index (χ3n) is 4.57. The van der Waals surface area contributed by atoms with Crippen LogP contribution in [-0.4, -0.2) is 23.9 Å². The molecule has 0 aliphatic heterocycles. The van der Waals surface area contributed by atoms with Gasteiger partial charge in [-0.3, -0.25) is 9.69 Å². The minimum absolute atomic E-state index is 0.104. The molecule has 134 valence electrons. The number of hydrogen-bond donors (Lipinski definition) is 1. The van der Waals surface area contributed by atoms with E-state index in [4.69, 9.17) is 0 Å². The normalized spacial score (nSPS) is 10.9. The summed E-state index contributed by atoms with van der Waals surface area (Å²) >= 11 is 0. The van der Waals surface area contributed by atoms with Crippen LogP contribution in [0.3, 0.4) is 0 Å². The van der Waals surface area contributed by atoms with Crippen LogP contribution in [0.5, 0.6) is 0 Å². The first-order valence-electron chi connectivity index (χ1n) is 9.23. The zero-order valence-electron chi connectivity index (χ0n) is 15.7. The molecule has 0 saturated carbocycles. The maximum absolute atomic E-state index is 12.0. The van der Waals surface area contributed by atoms with Crippen molar-refractivity contribution in [2.75, 3.05) is 13.1 Å². The molecule has 1 N–H and O–H groups in total. The second-order valence-corrected chi connectivity index (χ2v) is 6.54. The Morgan fingerprint density at radius 2 is 1.44 bits per heavy atom. The van der Waals surface area contributed by atoms with Crippen LogP contribution >= 0.6 is 0 Å². The third kappa shape index (κ3) is 6.71. The van der Waals surface area contributed by atoms with Crippen molar-refractivity contribution in [2.24, 2.45) is 0 Å². The lowest BCUT2D eigenvalue weighted by molar-refractivity contribution is -0.121. The van der Waals surface area contributed by atoms with Gasteiger partial charge in [0.15, 0.2) is 0 Å². The predicted octanol–water partition coefficient (Wildman–Crippen LogP) is 4.09. The summed E-state index contributed by atoms with van der Waals surface area (Å²) in [5, 5.41) is 3.01. The highest BCUT2D eigenvalue weighted by atomic mass is 16.1. The van der Waals surface area contributed by atoms with E-state index in [1.54, 1.807) is 0 Å². The fourth-order valence-corrected chi connectivity index (χ4v) is 2.77. The SMILES string of the molecule is CCN(CC)Cc1ccc(CNC(=O)CCc2ccc(C)cc2)cc1. The number of amides is 1. The van der Waals surface area contributed by atoms with E-state index in [1.807, 2.05) is 0 Å². The molecule has 0 heterocycles. The average Bonchev–Trinajstić information content (AvgIpc) is 2.65. The summed E-state index contributed by atoms with van der Waals surface area (Å²) < 4.78 is 0. The summed E-state index contributed by atoms with van der Waals surface area (Å²) in [4.78, 5) is 14.4. The van der Waals surface area contributed by atoms with E-state index >= 15 is 0 Å². The highest BCUT2D eigenvalue weighted by molar-refractivity contribution is 5.76. The molecule has 0 saturated heterocycles. The number of benzene rings is 2. The summed E-state index contributed by atoms with van der Waals surface area (Å²) in [6.07, 6.45) is 1.32. The zero-order chi connectivity index (χ0) is 18.1. The maximum atomic E-state index is 12.0. The Balaban J connectivity index is 1.74. The van der Waals surface area contributed by atoms with E-state index in [9.17, 15) is 4.79 Å². The molecule has 3 heteroatoms. The molecule has 0 spiro atoms. The molecule has 2 aromatic carbocycles. The predicted molar refractivity (Wildman–Crippen MR) is 104 cm³/mol. The van der Waals surface area contributed by atoms with E-state index in [-0.39, 0.29) is 5.91 Å². The topological polar surface area (TPSA) is 32.3 Å². The molecule has 0 bridgehead atoms. The van der Waals surface area contributed by atoms with Gasteiger partial charge in [0.05, 0.1) is 0 Å². The summed E-state index contributed by atoms with van der Waals surface area (Å²) in [5.74, 6) is 0.104. The Labute approximate surface area is 152 Å². The number of carbonyl (C=O) groups is 1. The van der Waals surface area contributed by atoms with Crippen molar-refractivity contribution >= 4 is 5.91 Å². The molecule has 0 radical (unpaired) electrons. The number of rotatable bonds is 9. The summed E-state index contributed by atoms with van der Waals surface area (Å²) in [7, 11) is 0. The molecule has 0 fully saturated rings. The first kappa shape index (κ1) is 19.2. The van der Waals surface area contributed by atoms with Crippen LogP contribution in [0.2, 0.25) is 0 Å². The highest BCUT2D eigenvalue weighted by Crippen LogP contribution is 2.08. The van der Waals surface area contributed by atoms with Crippen molar-refractivity contribution in [1.29, 1.82) is 0 Å². The van der Waals surface area contributed by atoms with E-state index in [1.165, 1.54) is 16.7 Å². The zero-order valence-corrected chi connectivity index (χ0v) is 15.7. The fraction of sp³-hybridized carbons (Fsp3) is 0.409. The van der Waals surface area contributed by atoms with Crippen molar-refractivity contribution in [3.63, 3.8) is 0 Å².